The summed E-state index contributed by atoms with van der Waals surface area (Å²) in [5.41, 5.74) is 0.563. The van der Waals surface area contributed by atoms with Gasteiger partial charge in [-0.2, -0.15) is 0 Å². The van der Waals surface area contributed by atoms with Gasteiger partial charge in [-0.05, 0) is 54.4 Å². The molecule has 3 aliphatic rings. The van der Waals surface area contributed by atoms with Crippen LogP contribution in [0.15, 0.2) is 52.9 Å². The zero-order valence-electron chi connectivity index (χ0n) is 28.6. The van der Waals surface area contributed by atoms with Crippen LogP contribution in [0.2, 0.25) is 5.02 Å². The molecule has 3 aromatic carbocycles. The lowest BCUT2D eigenvalue weighted by Gasteiger charge is -2.35. The minimum Gasteiger partial charge on any atom is -0.497 e. The molecule has 3 heterocycles. The van der Waals surface area contributed by atoms with Crippen LogP contribution in [0.3, 0.4) is 0 Å². The SMILES string of the molecule is COc1ccc(-c2oc3c(c2CC(=O)NCCC2C(=O)Nc4ccc(OC)cc42)C(=O)C2(Oc4c(Cl)c(OC)cc(OC)c4C2=O)C(C)C3)cc1. The van der Waals surface area contributed by atoms with Crippen molar-refractivity contribution in [3.63, 3.8) is 0 Å². The fraction of sp³-hybridized carbons (Fsp3) is 0.316. The van der Waals surface area contributed by atoms with E-state index in [-0.39, 0.29) is 58.7 Å². The highest BCUT2D eigenvalue weighted by Crippen LogP contribution is 2.54. The summed E-state index contributed by atoms with van der Waals surface area (Å²) < 4.78 is 34.2. The Hall–Kier alpha value is -5.49. The molecule has 1 aromatic heterocycles. The molecule has 3 unspecified atom stereocenters. The van der Waals surface area contributed by atoms with Crippen LogP contribution in [0.4, 0.5) is 5.69 Å². The zero-order valence-corrected chi connectivity index (χ0v) is 29.3. The molecule has 2 N–H and O–H groups in total. The van der Waals surface area contributed by atoms with Crippen molar-refractivity contribution in [1.29, 1.82) is 0 Å². The lowest BCUT2D eigenvalue weighted by molar-refractivity contribution is -0.121. The summed E-state index contributed by atoms with van der Waals surface area (Å²) >= 11 is 6.62. The Morgan fingerprint density at radius 3 is 2.29 bits per heavy atom. The number of halogens is 1. The summed E-state index contributed by atoms with van der Waals surface area (Å²) in [4.78, 5) is 55.6. The van der Waals surface area contributed by atoms with Gasteiger partial charge in [0.1, 0.15) is 45.1 Å². The van der Waals surface area contributed by atoms with E-state index in [1.54, 1.807) is 57.5 Å². The average Bonchev–Trinajstić information content (AvgIpc) is 3.76. The quantitative estimate of drug-likeness (QED) is 0.193. The van der Waals surface area contributed by atoms with Crippen LogP contribution in [0, 0.1) is 5.92 Å². The third kappa shape index (κ3) is 5.36. The first kappa shape index (κ1) is 34.0. The van der Waals surface area contributed by atoms with Crippen molar-refractivity contribution in [1.82, 2.24) is 5.32 Å². The van der Waals surface area contributed by atoms with Crippen molar-refractivity contribution in [3.8, 4) is 40.1 Å². The van der Waals surface area contributed by atoms with E-state index in [1.165, 1.54) is 20.3 Å². The molecule has 4 aromatic rings. The predicted molar refractivity (Wildman–Crippen MR) is 186 cm³/mol. The second-order valence-corrected chi connectivity index (χ2v) is 13.0. The molecular weight excluding hydrogens is 680 g/mol. The number of benzene rings is 3. The Bertz CT molecular complexity index is 2110. The maximum absolute atomic E-state index is 14.8. The number of nitrogens with one attached hydrogen (secondary N) is 2. The maximum Gasteiger partial charge on any atom is 0.237 e. The molecule has 7 rings (SSSR count). The number of ketones is 2. The molecule has 0 fully saturated rings. The fourth-order valence-electron chi connectivity index (χ4n) is 7.27. The van der Waals surface area contributed by atoms with E-state index in [0.29, 0.717) is 46.3 Å². The van der Waals surface area contributed by atoms with Gasteiger partial charge >= 0.3 is 0 Å². The largest absolute Gasteiger partial charge is 0.497 e. The Kier molecular flexibility index (Phi) is 8.66. The van der Waals surface area contributed by atoms with Gasteiger partial charge in [-0.15, -0.1) is 0 Å². The molecule has 0 radical (unpaired) electrons. The summed E-state index contributed by atoms with van der Waals surface area (Å²) in [7, 11) is 5.92. The Labute approximate surface area is 298 Å². The standard InChI is InChI=1S/C38H35ClN2O10/c1-18-14-27-30(35(43)38(18)36(44)31-26(48-4)17-28(49-5)32(39)34(31)51-38)24(33(50-27)19-6-8-20(46-2)9-7-19)16-29(42)40-13-12-22-23-15-21(47-3)10-11-25(23)41-37(22)45/h6-11,15,17-18,22H,12-14,16H2,1-5H3,(H,40,42)(H,41,45). The number of carbonyl (C=O) groups is 4. The minimum absolute atomic E-state index is 0.00479. The number of methoxy groups -OCH3 is 4. The van der Waals surface area contributed by atoms with Crippen molar-refractivity contribution >= 4 is 40.7 Å². The Morgan fingerprint density at radius 1 is 0.922 bits per heavy atom. The molecule has 0 saturated heterocycles. The molecule has 1 spiro atoms. The van der Waals surface area contributed by atoms with E-state index in [4.69, 9.17) is 39.7 Å². The molecule has 3 atom stereocenters. The van der Waals surface area contributed by atoms with Crippen LogP contribution < -0.4 is 34.3 Å². The molecule has 0 bridgehead atoms. The smallest absolute Gasteiger partial charge is 0.237 e. The molecule has 13 heteroatoms. The second-order valence-electron chi connectivity index (χ2n) is 12.6. The summed E-state index contributed by atoms with van der Waals surface area (Å²) in [6, 6.07) is 13.9. The number of amides is 2. The van der Waals surface area contributed by atoms with E-state index in [2.05, 4.69) is 10.6 Å². The Morgan fingerprint density at radius 2 is 1.61 bits per heavy atom. The number of ether oxygens (including phenoxy) is 5. The summed E-state index contributed by atoms with van der Waals surface area (Å²) in [6.07, 6.45) is 0.234. The van der Waals surface area contributed by atoms with E-state index in [9.17, 15) is 19.2 Å². The number of anilines is 1. The first-order valence-electron chi connectivity index (χ1n) is 16.3. The van der Waals surface area contributed by atoms with Gasteiger partial charge in [0.15, 0.2) is 5.75 Å². The normalized spacial score (nSPS) is 19.9. The molecule has 1 aliphatic carbocycles. The summed E-state index contributed by atoms with van der Waals surface area (Å²) in [6.45, 7) is 1.91. The number of rotatable bonds is 10. The molecule has 51 heavy (non-hydrogen) atoms. The highest BCUT2D eigenvalue weighted by molar-refractivity contribution is 6.36. The highest BCUT2D eigenvalue weighted by atomic mass is 35.5. The zero-order chi connectivity index (χ0) is 36.2. The summed E-state index contributed by atoms with van der Waals surface area (Å²) in [5.74, 6) is -0.735. The lowest BCUT2D eigenvalue weighted by atomic mass is 9.70. The first-order chi connectivity index (χ1) is 24.6. The maximum atomic E-state index is 14.8. The number of furan rings is 1. The Balaban J connectivity index is 1.22. The van der Waals surface area contributed by atoms with Gasteiger partial charge in [0, 0.05) is 41.8 Å². The second kappa shape index (κ2) is 13.0. The number of hydrogen-bond donors (Lipinski definition) is 2. The topological polar surface area (TPSA) is 152 Å². The lowest BCUT2D eigenvalue weighted by Crippen LogP contribution is -2.56. The van der Waals surface area contributed by atoms with Crippen LogP contribution in [0.1, 0.15) is 56.9 Å². The first-order valence-corrected chi connectivity index (χ1v) is 16.7. The van der Waals surface area contributed by atoms with E-state index in [0.717, 1.165) is 5.56 Å². The number of fused-ring (bicyclic) bond motifs is 3. The van der Waals surface area contributed by atoms with Gasteiger partial charge in [-0.3, -0.25) is 19.2 Å². The average molecular weight is 715 g/mol. The monoisotopic (exact) mass is 714 g/mol. The van der Waals surface area contributed by atoms with Crippen LogP contribution in [-0.2, 0) is 22.4 Å². The van der Waals surface area contributed by atoms with Gasteiger partial charge in [-0.25, -0.2) is 0 Å². The fourth-order valence-corrected chi connectivity index (χ4v) is 7.54. The van der Waals surface area contributed by atoms with Gasteiger partial charge in [0.05, 0.1) is 46.3 Å². The van der Waals surface area contributed by atoms with Crippen LogP contribution in [0.5, 0.6) is 28.7 Å². The van der Waals surface area contributed by atoms with Crippen molar-refractivity contribution in [2.75, 3.05) is 40.3 Å². The van der Waals surface area contributed by atoms with Crippen LogP contribution >= 0.6 is 11.6 Å². The number of hydrogen-bond acceptors (Lipinski definition) is 10. The van der Waals surface area contributed by atoms with Gasteiger partial charge < -0.3 is 38.7 Å². The van der Waals surface area contributed by atoms with Crippen LogP contribution in [-0.4, -0.2) is 64.0 Å². The summed E-state index contributed by atoms with van der Waals surface area (Å²) in [5, 5.41) is 5.81. The van der Waals surface area contributed by atoms with Gasteiger partial charge in [0.2, 0.25) is 29.0 Å². The number of Topliss-reactive ketones (excluding diaryl/α,β-unsaturated/α-hetero) is 2. The molecular formula is C38H35ClN2O10. The molecule has 0 saturated carbocycles. The van der Waals surface area contributed by atoms with Gasteiger partial charge in [0.25, 0.3) is 0 Å². The van der Waals surface area contributed by atoms with Crippen molar-refractivity contribution < 1.29 is 47.3 Å². The third-order valence-electron chi connectivity index (χ3n) is 9.90. The number of carbonyl (C=O) groups excluding carboxylic acids is 4. The van der Waals surface area contributed by atoms with Crippen molar-refractivity contribution in [3.05, 3.63) is 81.6 Å². The van der Waals surface area contributed by atoms with Gasteiger partial charge in [-0.1, -0.05) is 18.5 Å². The van der Waals surface area contributed by atoms with E-state index < -0.39 is 34.9 Å². The van der Waals surface area contributed by atoms with Crippen LogP contribution in [0.25, 0.3) is 11.3 Å². The minimum atomic E-state index is -1.99. The van der Waals surface area contributed by atoms with Crippen molar-refractivity contribution in [2.45, 2.75) is 37.7 Å². The predicted octanol–water partition coefficient (Wildman–Crippen LogP) is 5.81. The van der Waals surface area contributed by atoms with E-state index >= 15 is 0 Å². The molecule has 12 nitrogen and oxygen atoms in total. The highest BCUT2D eigenvalue weighted by Gasteiger charge is 2.63. The van der Waals surface area contributed by atoms with Crippen molar-refractivity contribution in [2.24, 2.45) is 5.92 Å². The molecule has 2 amide bonds. The third-order valence-corrected chi connectivity index (χ3v) is 10.3. The van der Waals surface area contributed by atoms with E-state index in [1.807, 2.05) is 6.07 Å². The molecule has 2 aliphatic heterocycles. The molecule has 264 valence electrons.